The second-order valence-electron chi connectivity index (χ2n) is 8.51. The zero-order chi connectivity index (χ0) is 27.7. The molecule has 1 saturated carbocycles. The van der Waals surface area contributed by atoms with Gasteiger partial charge in [0.15, 0.2) is 0 Å². The Morgan fingerprint density at radius 1 is 0.744 bits per heavy atom. The molecule has 0 radical (unpaired) electrons. The summed E-state index contributed by atoms with van der Waals surface area (Å²) in [6.07, 6.45) is 17.7. The molecule has 0 saturated heterocycles. The Bertz CT molecular complexity index is 939. The Labute approximate surface area is 257 Å². The molecule has 3 aromatic carbocycles. The van der Waals surface area contributed by atoms with Crippen molar-refractivity contribution in [3.63, 3.8) is 0 Å². The number of rotatable bonds is 6. The molecule has 2 aliphatic carbocycles. The van der Waals surface area contributed by atoms with E-state index < -0.39 is 19.8 Å². The molecule has 0 spiro atoms. The second-order valence-corrected chi connectivity index (χ2v) is 15.6. The van der Waals surface area contributed by atoms with Gasteiger partial charge in [0.25, 0.3) is 0 Å². The van der Waals surface area contributed by atoms with E-state index in [1.807, 2.05) is 6.92 Å². The van der Waals surface area contributed by atoms with Crippen LogP contribution in [0.3, 0.4) is 0 Å². The average Bonchev–Trinajstić information content (AvgIpc) is 3.62. The maximum absolute atomic E-state index is 7.50. The van der Waals surface area contributed by atoms with Gasteiger partial charge < -0.3 is 11.2 Å². The molecule has 0 aromatic heterocycles. The van der Waals surface area contributed by atoms with Crippen molar-refractivity contribution in [2.75, 3.05) is 13.2 Å². The molecule has 0 bridgehead atoms. The van der Waals surface area contributed by atoms with Crippen molar-refractivity contribution >= 4 is 30.5 Å². The normalized spacial score (nSPS) is 14.1. The molecule has 1 unspecified atom stereocenters. The number of hydrogen-bond acceptors (Lipinski definition) is 1. The predicted molar refractivity (Wildman–Crippen MR) is 157 cm³/mol. The molecular weight excluding hydrogens is 671 g/mol. The van der Waals surface area contributed by atoms with Crippen LogP contribution in [-0.4, -0.2) is 33.0 Å². The third kappa shape index (κ3) is 16.1. The molecule has 5 rings (SSSR count). The van der Waals surface area contributed by atoms with Crippen molar-refractivity contribution < 1.29 is 35.1 Å². The van der Waals surface area contributed by atoms with E-state index >= 15 is 0 Å². The van der Waals surface area contributed by atoms with Crippen LogP contribution < -0.4 is 10.7 Å². The molecule has 2 aliphatic rings. The summed E-state index contributed by atoms with van der Waals surface area (Å²) in [6, 6.07) is 32.9. The van der Waals surface area contributed by atoms with Gasteiger partial charge in [-0.05, 0) is 13.3 Å². The van der Waals surface area contributed by atoms with Crippen molar-refractivity contribution in [3.05, 3.63) is 135 Å². The molecule has 0 heterocycles. The first-order valence-electron chi connectivity index (χ1n) is 13.0. The summed E-state index contributed by atoms with van der Waals surface area (Å²) >= 11 is -1.98. The SMILES string of the molecule is CCOCC1C=CC=CC1.[C-]#[O+].[C-]#[O+].[CH-]1CCCC1.[Mo+2].c1cc[c]([Sn+]([c]2ccccc2)[c]2ccccc2)cc1. The molecule has 0 amide bonds. The van der Waals surface area contributed by atoms with Crippen LogP contribution in [0.4, 0.5) is 0 Å². The van der Waals surface area contributed by atoms with E-state index in [1.54, 1.807) is 0 Å². The first kappa shape index (κ1) is 37.1. The van der Waals surface area contributed by atoms with E-state index in [2.05, 4.69) is 135 Å². The summed E-state index contributed by atoms with van der Waals surface area (Å²) in [6.45, 7) is 12.7. The fraction of sp³-hybridized carbons (Fsp3) is 0.265. The summed E-state index contributed by atoms with van der Waals surface area (Å²) in [5.41, 5.74) is 0. The first-order chi connectivity index (χ1) is 18.9. The third-order valence-electron chi connectivity index (χ3n) is 5.86. The van der Waals surface area contributed by atoms with Crippen LogP contribution in [0.2, 0.25) is 0 Å². The summed E-state index contributed by atoms with van der Waals surface area (Å²) < 4.78 is 24.9. The van der Waals surface area contributed by atoms with Crippen LogP contribution in [0, 0.1) is 25.6 Å². The fourth-order valence-electron chi connectivity index (χ4n) is 4.06. The number of benzene rings is 3. The van der Waals surface area contributed by atoms with Gasteiger partial charge in [-0.3, -0.25) is 0 Å². The first-order valence-corrected chi connectivity index (χ1v) is 17.3. The van der Waals surface area contributed by atoms with Crippen molar-refractivity contribution in [2.24, 2.45) is 5.92 Å². The minimum absolute atomic E-state index is 0. The molecule has 200 valence electrons. The van der Waals surface area contributed by atoms with Crippen molar-refractivity contribution in [2.45, 2.75) is 39.0 Å². The predicted octanol–water partition coefficient (Wildman–Crippen LogP) is 6.05. The third-order valence-corrected chi connectivity index (χ3v) is 13.7. The molecular formula is C34H38MoO3Sn+2. The van der Waals surface area contributed by atoms with Crippen molar-refractivity contribution in [1.82, 2.24) is 0 Å². The van der Waals surface area contributed by atoms with E-state index in [0.717, 1.165) is 19.6 Å². The number of ether oxygens (including phenoxy) is 1. The second kappa shape index (κ2) is 26.3. The quantitative estimate of drug-likeness (QED) is 0.175. The molecule has 1 atom stereocenters. The fourth-order valence-corrected chi connectivity index (χ4v) is 11.4. The van der Waals surface area contributed by atoms with Gasteiger partial charge in [0.05, 0.1) is 6.61 Å². The van der Waals surface area contributed by atoms with Crippen LogP contribution in [0.5, 0.6) is 0 Å². The molecule has 39 heavy (non-hydrogen) atoms. The molecule has 3 nitrogen and oxygen atoms in total. The molecule has 5 heteroatoms. The molecule has 0 aliphatic heterocycles. The van der Waals surface area contributed by atoms with Gasteiger partial charge in [0, 0.05) is 12.5 Å². The van der Waals surface area contributed by atoms with Crippen LogP contribution in [0.15, 0.2) is 115 Å². The van der Waals surface area contributed by atoms with Gasteiger partial charge in [-0.15, -0.1) is 0 Å². The maximum atomic E-state index is 7.50. The zero-order valence-corrected chi connectivity index (χ0v) is 27.6. The van der Waals surface area contributed by atoms with Crippen LogP contribution in [0.25, 0.3) is 0 Å². The summed E-state index contributed by atoms with van der Waals surface area (Å²) in [5, 5.41) is 0. The Kier molecular flexibility index (Phi) is 25.0. The molecule has 3 aromatic rings. The van der Waals surface area contributed by atoms with Gasteiger partial charge in [-0.1, -0.05) is 37.1 Å². The van der Waals surface area contributed by atoms with Gasteiger partial charge >= 0.3 is 165 Å². The van der Waals surface area contributed by atoms with Gasteiger partial charge in [0.1, 0.15) is 0 Å². The number of hydrogen-bond donors (Lipinski definition) is 0. The Morgan fingerprint density at radius 2 is 1.18 bits per heavy atom. The summed E-state index contributed by atoms with van der Waals surface area (Å²) in [7, 11) is 0. The van der Waals surface area contributed by atoms with Gasteiger partial charge in [-0.25, -0.2) is 0 Å². The molecule has 1 fully saturated rings. The van der Waals surface area contributed by atoms with E-state index in [9.17, 15) is 0 Å². The minimum atomic E-state index is -1.98. The van der Waals surface area contributed by atoms with E-state index in [1.165, 1.54) is 36.4 Å². The van der Waals surface area contributed by atoms with Crippen molar-refractivity contribution in [3.8, 4) is 0 Å². The number of allylic oxidation sites excluding steroid dienone is 3. The zero-order valence-electron chi connectivity index (χ0n) is 22.7. The van der Waals surface area contributed by atoms with E-state index in [-0.39, 0.29) is 21.1 Å². The Morgan fingerprint density at radius 3 is 1.49 bits per heavy atom. The monoisotopic (exact) mass is 712 g/mol. The standard InChI is InChI=1S/C9H14O.3C6H5.C5H9.2CO.Mo.Sn/c1-2-10-8-9-6-4-3-5-7-9;3*1-2-4-6-5-3-1;1-2-4-5-3-1;2*1-2;;/h3-6,9H,2,7-8H2,1H3;3*1-5H;1H,2-5H2;;;;/q;;;;-1;;;+2;+1. The summed E-state index contributed by atoms with van der Waals surface area (Å²) in [5.74, 6) is 0.616. The van der Waals surface area contributed by atoms with Gasteiger partial charge in [-0.2, -0.15) is 12.8 Å². The average molecular weight is 709 g/mol. The summed E-state index contributed by atoms with van der Waals surface area (Å²) in [4.78, 5) is 0. The van der Waals surface area contributed by atoms with Crippen LogP contribution in [-0.2, 0) is 35.1 Å². The Hall–Kier alpha value is -1.93. The topological polar surface area (TPSA) is 49.0 Å². The van der Waals surface area contributed by atoms with E-state index in [4.69, 9.17) is 14.0 Å². The van der Waals surface area contributed by atoms with Gasteiger partial charge in [0.2, 0.25) is 0 Å². The van der Waals surface area contributed by atoms with Crippen LogP contribution in [0.1, 0.15) is 39.0 Å². The molecule has 0 N–H and O–H groups in total. The van der Waals surface area contributed by atoms with Crippen molar-refractivity contribution in [1.29, 1.82) is 0 Å². The van der Waals surface area contributed by atoms with E-state index in [0.29, 0.717) is 5.92 Å². The van der Waals surface area contributed by atoms with Crippen LogP contribution >= 0.6 is 0 Å². The Balaban J connectivity index is 0.000000606.